The first kappa shape index (κ1) is 14.3. The van der Waals surface area contributed by atoms with Crippen molar-refractivity contribution in [3.05, 3.63) is 34.3 Å². The molecule has 1 N–H and O–H groups in total. The van der Waals surface area contributed by atoms with Crippen molar-refractivity contribution in [2.24, 2.45) is 5.92 Å². The Bertz CT molecular complexity index is 493. The Morgan fingerprint density at radius 1 is 1.53 bits per heavy atom. The van der Waals surface area contributed by atoms with Crippen LogP contribution in [0.3, 0.4) is 0 Å². The molecule has 1 saturated carbocycles. The van der Waals surface area contributed by atoms with Crippen molar-refractivity contribution < 1.29 is 18.7 Å². The van der Waals surface area contributed by atoms with Gasteiger partial charge in [-0.3, -0.25) is 4.79 Å². The lowest BCUT2D eigenvalue weighted by molar-refractivity contribution is -0.137. The van der Waals surface area contributed by atoms with Gasteiger partial charge >= 0.3 is 5.97 Å². The molecule has 1 aliphatic carbocycles. The molecule has 0 radical (unpaired) electrons. The minimum absolute atomic E-state index is 0.000962. The monoisotopic (exact) mass is 288 g/mol. The Labute approximate surface area is 115 Å². The van der Waals surface area contributed by atoms with Crippen molar-refractivity contribution in [2.45, 2.75) is 38.0 Å². The highest BCUT2D eigenvalue weighted by Crippen LogP contribution is 2.48. The van der Waals surface area contributed by atoms with E-state index in [4.69, 9.17) is 16.7 Å². The molecular formula is C14H15ClF2O2. The molecule has 0 aliphatic heterocycles. The van der Waals surface area contributed by atoms with Crippen LogP contribution < -0.4 is 0 Å². The molecule has 1 fully saturated rings. The van der Waals surface area contributed by atoms with E-state index in [1.165, 1.54) is 6.07 Å². The fourth-order valence-corrected chi connectivity index (χ4v) is 2.88. The van der Waals surface area contributed by atoms with Crippen LogP contribution in [0.5, 0.6) is 0 Å². The summed E-state index contributed by atoms with van der Waals surface area (Å²) in [6.07, 6.45) is 1.65. The summed E-state index contributed by atoms with van der Waals surface area (Å²) in [6, 6.07) is 4.59. The number of carboxylic acid groups (broad SMARTS) is 1. The topological polar surface area (TPSA) is 37.3 Å². The number of halogens is 3. The van der Waals surface area contributed by atoms with Gasteiger partial charge in [0.1, 0.15) is 0 Å². The van der Waals surface area contributed by atoms with Gasteiger partial charge in [0.25, 0.3) is 5.92 Å². The molecule has 0 aromatic heterocycles. The van der Waals surface area contributed by atoms with Crippen molar-refractivity contribution in [3.8, 4) is 0 Å². The molecule has 0 spiro atoms. The van der Waals surface area contributed by atoms with Gasteiger partial charge in [-0.15, -0.1) is 0 Å². The molecule has 1 aromatic rings. The number of aliphatic carboxylic acids is 1. The average Bonchev–Trinajstić information content (AvgIpc) is 3.07. The maximum Gasteiger partial charge on any atom is 0.303 e. The second kappa shape index (κ2) is 5.08. The molecule has 1 aliphatic rings. The average molecular weight is 289 g/mol. The van der Waals surface area contributed by atoms with Crippen LogP contribution in [0.4, 0.5) is 8.78 Å². The first-order valence-electron chi connectivity index (χ1n) is 6.19. The second-order valence-electron chi connectivity index (χ2n) is 5.13. The number of alkyl halides is 2. The van der Waals surface area contributed by atoms with E-state index < -0.39 is 11.9 Å². The van der Waals surface area contributed by atoms with Gasteiger partial charge in [0.15, 0.2) is 0 Å². The quantitative estimate of drug-likeness (QED) is 0.871. The summed E-state index contributed by atoms with van der Waals surface area (Å²) in [5.74, 6) is -4.24. The Morgan fingerprint density at radius 3 is 2.63 bits per heavy atom. The van der Waals surface area contributed by atoms with Gasteiger partial charge in [-0.25, -0.2) is 8.78 Å². The maximum atomic E-state index is 13.7. The third-order valence-corrected chi connectivity index (χ3v) is 3.78. The Hall–Kier alpha value is -1.16. The molecule has 0 amide bonds. The number of hydrogen-bond donors (Lipinski definition) is 1. The summed E-state index contributed by atoms with van der Waals surface area (Å²) in [6.45, 7) is 0.794. The van der Waals surface area contributed by atoms with E-state index in [0.29, 0.717) is 5.56 Å². The minimum atomic E-state index is -3.07. The lowest BCUT2D eigenvalue weighted by atomic mass is 9.86. The molecule has 2 nitrogen and oxygen atoms in total. The van der Waals surface area contributed by atoms with E-state index in [1.54, 1.807) is 12.1 Å². The van der Waals surface area contributed by atoms with Gasteiger partial charge in [-0.1, -0.05) is 23.7 Å². The van der Waals surface area contributed by atoms with Gasteiger partial charge in [0.2, 0.25) is 0 Å². The van der Waals surface area contributed by atoms with Crippen molar-refractivity contribution in [1.82, 2.24) is 0 Å². The zero-order valence-electron chi connectivity index (χ0n) is 10.5. The van der Waals surface area contributed by atoms with Gasteiger partial charge in [-0.2, -0.15) is 0 Å². The molecule has 104 valence electrons. The minimum Gasteiger partial charge on any atom is -0.481 e. The molecule has 0 bridgehead atoms. The largest absolute Gasteiger partial charge is 0.481 e. The predicted molar refractivity (Wildman–Crippen MR) is 68.7 cm³/mol. The Balaban J connectivity index is 2.47. The maximum absolute atomic E-state index is 13.7. The molecule has 0 saturated heterocycles. The number of hydrogen-bond acceptors (Lipinski definition) is 1. The Morgan fingerprint density at radius 2 is 2.16 bits per heavy atom. The number of carbonyl (C=O) groups is 1. The molecule has 0 heterocycles. The number of carboxylic acids is 1. The zero-order chi connectivity index (χ0) is 14.2. The van der Waals surface area contributed by atoms with E-state index in [9.17, 15) is 13.6 Å². The van der Waals surface area contributed by atoms with Crippen LogP contribution in [0.2, 0.25) is 5.02 Å². The first-order valence-corrected chi connectivity index (χ1v) is 6.57. The van der Waals surface area contributed by atoms with Crippen LogP contribution in [-0.4, -0.2) is 11.1 Å². The van der Waals surface area contributed by atoms with Crippen LogP contribution in [0, 0.1) is 5.92 Å². The highest BCUT2D eigenvalue weighted by atomic mass is 35.5. The molecule has 2 rings (SSSR count). The van der Waals surface area contributed by atoms with Crippen molar-refractivity contribution in [3.63, 3.8) is 0 Å². The highest BCUT2D eigenvalue weighted by molar-refractivity contribution is 6.31. The predicted octanol–water partition coefficient (Wildman–Crippen LogP) is 4.42. The summed E-state index contributed by atoms with van der Waals surface area (Å²) in [4.78, 5) is 10.9. The van der Waals surface area contributed by atoms with Gasteiger partial charge < -0.3 is 5.11 Å². The highest BCUT2D eigenvalue weighted by Gasteiger charge is 2.39. The van der Waals surface area contributed by atoms with Crippen molar-refractivity contribution in [1.29, 1.82) is 0 Å². The summed E-state index contributed by atoms with van der Waals surface area (Å²) in [7, 11) is 0. The van der Waals surface area contributed by atoms with Gasteiger partial charge in [0, 0.05) is 12.5 Å². The molecular weight excluding hydrogens is 274 g/mol. The second-order valence-corrected chi connectivity index (χ2v) is 5.54. The first-order chi connectivity index (χ1) is 8.80. The summed E-state index contributed by atoms with van der Waals surface area (Å²) in [5.41, 5.74) is 0.153. The van der Waals surface area contributed by atoms with E-state index >= 15 is 0 Å². The van der Waals surface area contributed by atoms with Crippen molar-refractivity contribution in [2.75, 3.05) is 0 Å². The lowest BCUT2D eigenvalue weighted by Crippen LogP contribution is -2.17. The molecule has 1 atom stereocenters. The SMILES string of the molecule is CC(F)(F)c1c(Cl)cccc1C(CC(=O)O)C1CC1. The van der Waals surface area contributed by atoms with E-state index in [1.807, 2.05) is 0 Å². The third kappa shape index (κ3) is 3.24. The van der Waals surface area contributed by atoms with E-state index in [-0.39, 0.29) is 28.8 Å². The molecule has 5 heteroatoms. The van der Waals surface area contributed by atoms with E-state index in [2.05, 4.69) is 0 Å². The number of benzene rings is 1. The van der Waals surface area contributed by atoms with Crippen LogP contribution in [0.15, 0.2) is 18.2 Å². The van der Waals surface area contributed by atoms with Crippen molar-refractivity contribution >= 4 is 17.6 Å². The van der Waals surface area contributed by atoms with Gasteiger partial charge in [-0.05, 0) is 36.3 Å². The van der Waals surface area contributed by atoms with Gasteiger partial charge in [0.05, 0.1) is 11.4 Å². The lowest BCUT2D eigenvalue weighted by Gasteiger charge is -2.23. The van der Waals surface area contributed by atoms with Crippen LogP contribution in [0.1, 0.15) is 43.2 Å². The van der Waals surface area contributed by atoms with Crippen LogP contribution in [-0.2, 0) is 10.7 Å². The fraction of sp³-hybridized carbons (Fsp3) is 0.500. The number of rotatable bonds is 5. The van der Waals surface area contributed by atoms with Crippen LogP contribution >= 0.6 is 11.6 Å². The van der Waals surface area contributed by atoms with Crippen LogP contribution in [0.25, 0.3) is 0 Å². The fourth-order valence-electron chi connectivity index (χ4n) is 2.53. The van der Waals surface area contributed by atoms with E-state index in [0.717, 1.165) is 19.8 Å². The Kier molecular flexibility index (Phi) is 3.81. The zero-order valence-corrected chi connectivity index (χ0v) is 11.3. The molecule has 19 heavy (non-hydrogen) atoms. The molecule has 1 unspecified atom stereocenters. The normalized spacial score (nSPS) is 17.3. The summed E-state index contributed by atoms with van der Waals surface area (Å²) < 4.78 is 27.5. The standard InChI is InChI=1S/C14H15ClF2O2/c1-14(16,17)13-9(3-2-4-11(13)15)10(7-12(18)19)8-5-6-8/h2-4,8,10H,5-7H2,1H3,(H,18,19). The molecule has 1 aromatic carbocycles. The summed E-state index contributed by atoms with van der Waals surface area (Å²) >= 11 is 5.89. The third-order valence-electron chi connectivity index (χ3n) is 3.47. The smallest absolute Gasteiger partial charge is 0.303 e. The summed E-state index contributed by atoms with van der Waals surface area (Å²) in [5, 5.41) is 8.97.